The number of hydrogen-bond acceptors (Lipinski definition) is 1. The highest BCUT2D eigenvalue weighted by Gasteiger charge is 2.41. The second-order valence-electron chi connectivity index (χ2n) is 4.19. The molecular weight excluding hydrogens is 146 g/mol. The Morgan fingerprint density at radius 1 is 1.50 bits per heavy atom. The highest BCUT2D eigenvalue weighted by molar-refractivity contribution is 4.96. The smallest absolute Gasteiger partial charge is 0.00926 e. The molecule has 70 valence electrons. The lowest BCUT2D eigenvalue weighted by Gasteiger charge is -2.19. The average Bonchev–Trinajstić information content (AvgIpc) is 2.78. The zero-order valence-corrected chi connectivity index (χ0v) is 8.56. The Labute approximate surface area is 76.2 Å². The van der Waals surface area contributed by atoms with E-state index in [1.54, 1.807) is 0 Å². The van der Waals surface area contributed by atoms with Gasteiger partial charge < -0.3 is 5.32 Å². The molecule has 1 heteroatoms. The standard InChI is InChI=1S/C11H21N/c1-4-5-6-9-12-10(2)11(3)7-8-11/h4-5,10,12H,6-9H2,1-3H3/b5-4+. The van der Waals surface area contributed by atoms with Crippen molar-refractivity contribution in [3.05, 3.63) is 12.2 Å². The molecule has 0 spiro atoms. The Bertz CT molecular complexity index is 156. The van der Waals surface area contributed by atoms with Crippen molar-refractivity contribution >= 4 is 0 Å². The minimum atomic E-state index is 0.621. The van der Waals surface area contributed by atoms with Crippen molar-refractivity contribution in [3.63, 3.8) is 0 Å². The van der Waals surface area contributed by atoms with E-state index in [0.29, 0.717) is 11.5 Å². The van der Waals surface area contributed by atoms with Gasteiger partial charge in [-0.05, 0) is 45.1 Å². The van der Waals surface area contributed by atoms with Gasteiger partial charge in [-0.2, -0.15) is 0 Å². The van der Waals surface area contributed by atoms with Gasteiger partial charge in [0.2, 0.25) is 0 Å². The summed E-state index contributed by atoms with van der Waals surface area (Å²) in [5.41, 5.74) is 0.621. The van der Waals surface area contributed by atoms with Crippen molar-refractivity contribution in [3.8, 4) is 0 Å². The highest BCUT2D eigenvalue weighted by atomic mass is 14.9. The summed E-state index contributed by atoms with van der Waals surface area (Å²) in [6, 6.07) is 0.697. The molecule has 1 aliphatic rings. The molecule has 0 aromatic carbocycles. The molecule has 1 nitrogen and oxygen atoms in total. The van der Waals surface area contributed by atoms with Crippen LogP contribution in [0.5, 0.6) is 0 Å². The van der Waals surface area contributed by atoms with Gasteiger partial charge in [-0.3, -0.25) is 0 Å². The van der Waals surface area contributed by atoms with Crippen LogP contribution in [0.1, 0.15) is 40.0 Å². The van der Waals surface area contributed by atoms with Crippen molar-refractivity contribution in [2.75, 3.05) is 6.54 Å². The Balaban J connectivity index is 2.06. The summed E-state index contributed by atoms with van der Waals surface area (Å²) in [5, 5.41) is 3.57. The van der Waals surface area contributed by atoms with Crippen molar-refractivity contribution in [1.82, 2.24) is 5.32 Å². The van der Waals surface area contributed by atoms with Crippen molar-refractivity contribution in [2.24, 2.45) is 5.41 Å². The van der Waals surface area contributed by atoms with Crippen LogP contribution in [0.25, 0.3) is 0 Å². The fraction of sp³-hybridized carbons (Fsp3) is 0.818. The van der Waals surface area contributed by atoms with E-state index in [2.05, 4.69) is 38.2 Å². The van der Waals surface area contributed by atoms with Gasteiger partial charge in [0.05, 0.1) is 0 Å². The predicted molar refractivity (Wildman–Crippen MR) is 54.2 cm³/mol. The Morgan fingerprint density at radius 2 is 2.17 bits per heavy atom. The van der Waals surface area contributed by atoms with E-state index in [-0.39, 0.29) is 0 Å². The van der Waals surface area contributed by atoms with E-state index in [0.717, 1.165) is 13.0 Å². The van der Waals surface area contributed by atoms with Crippen LogP contribution in [0, 0.1) is 5.41 Å². The number of rotatable bonds is 5. The van der Waals surface area contributed by atoms with Crippen LogP contribution >= 0.6 is 0 Å². The molecule has 0 bridgehead atoms. The Morgan fingerprint density at radius 3 is 2.67 bits per heavy atom. The van der Waals surface area contributed by atoms with Crippen molar-refractivity contribution in [1.29, 1.82) is 0 Å². The molecule has 0 radical (unpaired) electrons. The molecule has 1 fully saturated rings. The first-order valence-electron chi connectivity index (χ1n) is 5.03. The first kappa shape index (κ1) is 9.79. The van der Waals surface area contributed by atoms with Crippen LogP contribution in [0.2, 0.25) is 0 Å². The number of hydrogen-bond donors (Lipinski definition) is 1. The molecular formula is C11H21N. The molecule has 1 N–H and O–H groups in total. The molecule has 0 aromatic heterocycles. The van der Waals surface area contributed by atoms with E-state index in [4.69, 9.17) is 0 Å². The van der Waals surface area contributed by atoms with E-state index in [9.17, 15) is 0 Å². The van der Waals surface area contributed by atoms with Crippen LogP contribution < -0.4 is 5.32 Å². The Kier molecular flexibility index (Phi) is 3.33. The first-order chi connectivity index (χ1) is 5.69. The maximum absolute atomic E-state index is 3.57. The summed E-state index contributed by atoms with van der Waals surface area (Å²) in [5.74, 6) is 0. The van der Waals surface area contributed by atoms with Gasteiger partial charge in [-0.15, -0.1) is 0 Å². The molecule has 1 aliphatic carbocycles. The molecule has 0 aromatic rings. The second kappa shape index (κ2) is 4.08. The normalized spacial score (nSPS) is 22.9. The summed E-state index contributed by atoms with van der Waals surface area (Å²) in [4.78, 5) is 0. The fourth-order valence-corrected chi connectivity index (χ4v) is 1.43. The van der Waals surface area contributed by atoms with Crippen LogP contribution in [-0.2, 0) is 0 Å². The summed E-state index contributed by atoms with van der Waals surface area (Å²) in [7, 11) is 0. The molecule has 0 aliphatic heterocycles. The monoisotopic (exact) mass is 167 g/mol. The van der Waals surface area contributed by atoms with Gasteiger partial charge >= 0.3 is 0 Å². The molecule has 1 unspecified atom stereocenters. The molecule has 1 saturated carbocycles. The fourth-order valence-electron chi connectivity index (χ4n) is 1.43. The Hall–Kier alpha value is -0.300. The predicted octanol–water partition coefficient (Wildman–Crippen LogP) is 2.73. The summed E-state index contributed by atoms with van der Waals surface area (Å²) >= 11 is 0. The lowest BCUT2D eigenvalue weighted by Crippen LogP contribution is -2.33. The van der Waals surface area contributed by atoms with Gasteiger partial charge in [0.25, 0.3) is 0 Å². The van der Waals surface area contributed by atoms with E-state index >= 15 is 0 Å². The first-order valence-corrected chi connectivity index (χ1v) is 5.03. The maximum atomic E-state index is 3.57. The van der Waals surface area contributed by atoms with Gasteiger partial charge in [-0.25, -0.2) is 0 Å². The van der Waals surface area contributed by atoms with Crippen molar-refractivity contribution in [2.45, 2.75) is 46.1 Å². The maximum Gasteiger partial charge on any atom is 0.00926 e. The largest absolute Gasteiger partial charge is 0.313 e. The zero-order chi connectivity index (χ0) is 9.03. The van der Waals surface area contributed by atoms with E-state index < -0.39 is 0 Å². The van der Waals surface area contributed by atoms with Crippen LogP contribution in [0.4, 0.5) is 0 Å². The minimum Gasteiger partial charge on any atom is -0.313 e. The molecule has 12 heavy (non-hydrogen) atoms. The molecule has 1 atom stereocenters. The second-order valence-corrected chi connectivity index (χ2v) is 4.19. The van der Waals surface area contributed by atoms with E-state index in [1.807, 2.05) is 0 Å². The minimum absolute atomic E-state index is 0.621. The summed E-state index contributed by atoms with van der Waals surface area (Å²) < 4.78 is 0. The quantitative estimate of drug-likeness (QED) is 0.490. The highest BCUT2D eigenvalue weighted by Crippen LogP contribution is 2.47. The third-order valence-corrected chi connectivity index (χ3v) is 3.08. The molecule has 0 heterocycles. The third kappa shape index (κ3) is 2.63. The zero-order valence-electron chi connectivity index (χ0n) is 8.56. The average molecular weight is 167 g/mol. The van der Waals surface area contributed by atoms with Crippen molar-refractivity contribution < 1.29 is 0 Å². The van der Waals surface area contributed by atoms with Gasteiger partial charge in [0.15, 0.2) is 0 Å². The lowest BCUT2D eigenvalue weighted by molar-refractivity contribution is 0.384. The summed E-state index contributed by atoms with van der Waals surface area (Å²) in [6.07, 6.45) is 8.31. The lowest BCUT2D eigenvalue weighted by atomic mass is 10.0. The van der Waals surface area contributed by atoms with Crippen LogP contribution in [0.15, 0.2) is 12.2 Å². The molecule has 0 amide bonds. The number of allylic oxidation sites excluding steroid dienone is 1. The van der Waals surface area contributed by atoms with Gasteiger partial charge in [-0.1, -0.05) is 19.1 Å². The van der Waals surface area contributed by atoms with Crippen LogP contribution in [0.3, 0.4) is 0 Å². The van der Waals surface area contributed by atoms with Gasteiger partial charge in [0, 0.05) is 6.04 Å². The topological polar surface area (TPSA) is 12.0 Å². The van der Waals surface area contributed by atoms with E-state index in [1.165, 1.54) is 12.8 Å². The van der Waals surface area contributed by atoms with Crippen LogP contribution in [-0.4, -0.2) is 12.6 Å². The summed E-state index contributed by atoms with van der Waals surface area (Å²) in [6.45, 7) is 7.88. The molecule has 1 rings (SSSR count). The third-order valence-electron chi connectivity index (χ3n) is 3.08. The molecule has 0 saturated heterocycles. The number of nitrogens with one attached hydrogen (secondary N) is 1. The SMILES string of the molecule is C/C=C/CCNC(C)C1(C)CC1. The van der Waals surface area contributed by atoms with Gasteiger partial charge in [0.1, 0.15) is 0 Å².